The highest BCUT2D eigenvalue weighted by Crippen LogP contribution is 2.32. The molecule has 0 bridgehead atoms. The van der Waals surface area contributed by atoms with Crippen LogP contribution in [0.2, 0.25) is 0 Å². The van der Waals surface area contributed by atoms with Gasteiger partial charge in [-0.3, -0.25) is 4.79 Å². The summed E-state index contributed by atoms with van der Waals surface area (Å²) < 4.78 is 5.08. The number of hydrogen-bond donors (Lipinski definition) is 1. The Hall–Kier alpha value is -1.65. The van der Waals surface area contributed by atoms with Crippen molar-refractivity contribution in [3.8, 4) is 5.75 Å². The summed E-state index contributed by atoms with van der Waals surface area (Å²) in [4.78, 5) is 19.4. The van der Waals surface area contributed by atoms with Gasteiger partial charge in [-0.05, 0) is 12.8 Å². The Bertz CT molecular complexity index is 414. The van der Waals surface area contributed by atoms with E-state index in [0.29, 0.717) is 17.4 Å². The Morgan fingerprint density at radius 2 is 2.24 bits per heavy atom. The maximum atomic E-state index is 10.8. The quantitative estimate of drug-likeness (QED) is 0.862. The van der Waals surface area contributed by atoms with Gasteiger partial charge in [0.25, 0.3) is 0 Å². The van der Waals surface area contributed by atoms with Crippen molar-refractivity contribution >= 4 is 5.97 Å². The van der Waals surface area contributed by atoms with Crippen molar-refractivity contribution in [2.45, 2.75) is 38.0 Å². The van der Waals surface area contributed by atoms with Gasteiger partial charge in [0.1, 0.15) is 5.82 Å². The van der Waals surface area contributed by atoms with E-state index in [1.165, 1.54) is 20.0 Å². The summed E-state index contributed by atoms with van der Waals surface area (Å²) in [5.74, 6) is 0.696. The molecule has 1 aliphatic rings. The number of aromatic nitrogens is 2. The average molecular weight is 236 g/mol. The standard InChI is InChI=1S/C12H16N2O3/c1-17-10-7-13-12(8-4-2-3-5-8)14-9(10)6-11(15)16/h7-8H,2-6H2,1H3,(H,15,16). The Kier molecular flexibility index (Phi) is 3.56. The zero-order valence-corrected chi connectivity index (χ0v) is 9.85. The first-order valence-corrected chi connectivity index (χ1v) is 5.82. The number of carboxylic acids is 1. The van der Waals surface area contributed by atoms with Crippen molar-refractivity contribution in [1.29, 1.82) is 0 Å². The van der Waals surface area contributed by atoms with Gasteiger partial charge in [-0.25, -0.2) is 9.97 Å². The zero-order chi connectivity index (χ0) is 12.3. The van der Waals surface area contributed by atoms with Crippen molar-refractivity contribution in [3.63, 3.8) is 0 Å². The topological polar surface area (TPSA) is 72.3 Å². The molecule has 0 atom stereocenters. The number of aliphatic carboxylic acids is 1. The van der Waals surface area contributed by atoms with Crippen LogP contribution in [-0.4, -0.2) is 28.2 Å². The number of ether oxygens (including phenoxy) is 1. The lowest BCUT2D eigenvalue weighted by Crippen LogP contribution is -2.09. The van der Waals surface area contributed by atoms with E-state index in [9.17, 15) is 4.79 Å². The largest absolute Gasteiger partial charge is 0.493 e. The highest BCUT2D eigenvalue weighted by Gasteiger charge is 2.21. The molecule has 17 heavy (non-hydrogen) atoms. The molecule has 0 aliphatic heterocycles. The lowest BCUT2D eigenvalue weighted by atomic mass is 10.1. The van der Waals surface area contributed by atoms with E-state index in [0.717, 1.165) is 18.7 Å². The van der Waals surface area contributed by atoms with Crippen LogP contribution in [0, 0.1) is 0 Å². The Morgan fingerprint density at radius 1 is 1.53 bits per heavy atom. The van der Waals surface area contributed by atoms with Crippen LogP contribution in [0.5, 0.6) is 5.75 Å². The molecule has 1 N–H and O–H groups in total. The molecule has 2 rings (SSSR count). The maximum absolute atomic E-state index is 10.8. The summed E-state index contributed by atoms with van der Waals surface area (Å²) in [6.45, 7) is 0. The smallest absolute Gasteiger partial charge is 0.309 e. The molecular weight excluding hydrogens is 220 g/mol. The summed E-state index contributed by atoms with van der Waals surface area (Å²) in [5.41, 5.74) is 0.469. The van der Waals surface area contributed by atoms with Gasteiger partial charge in [0, 0.05) is 5.92 Å². The van der Waals surface area contributed by atoms with E-state index in [1.54, 1.807) is 6.20 Å². The summed E-state index contributed by atoms with van der Waals surface area (Å²) in [7, 11) is 1.50. The molecule has 1 aromatic heterocycles. The van der Waals surface area contributed by atoms with Gasteiger partial charge < -0.3 is 9.84 Å². The lowest BCUT2D eigenvalue weighted by Gasteiger charge is -2.11. The van der Waals surface area contributed by atoms with Crippen molar-refractivity contribution in [1.82, 2.24) is 9.97 Å². The highest BCUT2D eigenvalue weighted by molar-refractivity contribution is 5.70. The number of carboxylic acid groups (broad SMARTS) is 1. The van der Waals surface area contributed by atoms with Crippen molar-refractivity contribution in [2.24, 2.45) is 0 Å². The molecule has 0 unspecified atom stereocenters. The Morgan fingerprint density at radius 3 is 2.82 bits per heavy atom. The molecule has 1 aliphatic carbocycles. The fourth-order valence-electron chi connectivity index (χ4n) is 2.24. The van der Waals surface area contributed by atoms with Gasteiger partial charge in [-0.2, -0.15) is 0 Å². The van der Waals surface area contributed by atoms with Gasteiger partial charge >= 0.3 is 5.97 Å². The zero-order valence-electron chi connectivity index (χ0n) is 9.85. The summed E-state index contributed by atoms with van der Waals surface area (Å²) in [5, 5.41) is 8.83. The molecule has 1 aromatic rings. The molecule has 0 spiro atoms. The molecule has 0 radical (unpaired) electrons. The second-order valence-corrected chi connectivity index (χ2v) is 4.30. The molecule has 5 nitrogen and oxygen atoms in total. The SMILES string of the molecule is COc1cnc(C2CCCC2)nc1CC(=O)O. The van der Waals surface area contributed by atoms with Crippen LogP contribution in [0.4, 0.5) is 0 Å². The molecular formula is C12H16N2O3. The summed E-state index contributed by atoms with van der Waals surface area (Å²) >= 11 is 0. The molecule has 92 valence electrons. The number of rotatable bonds is 4. The van der Waals surface area contributed by atoms with Crippen LogP contribution in [0.25, 0.3) is 0 Å². The monoisotopic (exact) mass is 236 g/mol. The van der Waals surface area contributed by atoms with Gasteiger partial charge in [-0.15, -0.1) is 0 Å². The van der Waals surface area contributed by atoms with Gasteiger partial charge in [0.2, 0.25) is 0 Å². The first-order valence-electron chi connectivity index (χ1n) is 5.82. The van der Waals surface area contributed by atoms with E-state index in [4.69, 9.17) is 9.84 Å². The molecule has 1 fully saturated rings. The van der Waals surface area contributed by atoms with E-state index < -0.39 is 5.97 Å². The van der Waals surface area contributed by atoms with Gasteiger partial charge in [0.05, 0.1) is 25.4 Å². The van der Waals surface area contributed by atoms with Crippen molar-refractivity contribution in [2.75, 3.05) is 7.11 Å². The molecule has 5 heteroatoms. The van der Waals surface area contributed by atoms with Crippen molar-refractivity contribution < 1.29 is 14.6 Å². The third kappa shape index (κ3) is 2.72. The third-order valence-electron chi connectivity index (χ3n) is 3.11. The summed E-state index contributed by atoms with van der Waals surface area (Å²) in [6.07, 6.45) is 6.06. The minimum Gasteiger partial charge on any atom is -0.493 e. The van der Waals surface area contributed by atoms with Crippen LogP contribution in [0.3, 0.4) is 0 Å². The van der Waals surface area contributed by atoms with E-state index in [2.05, 4.69) is 9.97 Å². The van der Waals surface area contributed by atoms with Gasteiger partial charge in [-0.1, -0.05) is 12.8 Å². The first-order chi connectivity index (χ1) is 8.20. The second kappa shape index (κ2) is 5.12. The number of methoxy groups -OCH3 is 1. The molecule has 1 heterocycles. The second-order valence-electron chi connectivity index (χ2n) is 4.30. The fraction of sp³-hybridized carbons (Fsp3) is 0.583. The first kappa shape index (κ1) is 11.8. The Balaban J connectivity index is 2.26. The third-order valence-corrected chi connectivity index (χ3v) is 3.11. The van der Waals surface area contributed by atoms with Gasteiger partial charge in [0.15, 0.2) is 5.75 Å². The molecule has 1 saturated carbocycles. The predicted molar refractivity (Wildman–Crippen MR) is 61.1 cm³/mol. The van der Waals surface area contributed by atoms with E-state index in [-0.39, 0.29) is 6.42 Å². The minimum absolute atomic E-state index is 0.120. The Labute approximate surface area is 99.9 Å². The van der Waals surface area contributed by atoms with Crippen molar-refractivity contribution in [3.05, 3.63) is 17.7 Å². The highest BCUT2D eigenvalue weighted by atomic mass is 16.5. The van der Waals surface area contributed by atoms with Crippen LogP contribution in [0.15, 0.2) is 6.20 Å². The number of nitrogens with zero attached hydrogens (tertiary/aromatic N) is 2. The predicted octanol–water partition coefficient (Wildman–Crippen LogP) is 1.77. The molecule has 0 saturated heterocycles. The van der Waals surface area contributed by atoms with Crippen LogP contribution >= 0.6 is 0 Å². The van der Waals surface area contributed by atoms with Crippen LogP contribution < -0.4 is 4.74 Å². The van der Waals surface area contributed by atoms with Crippen LogP contribution in [0.1, 0.15) is 43.1 Å². The summed E-state index contributed by atoms with van der Waals surface area (Å²) in [6, 6.07) is 0. The normalized spacial score (nSPS) is 16.1. The maximum Gasteiger partial charge on any atom is 0.309 e. The van der Waals surface area contributed by atoms with Crippen LogP contribution in [-0.2, 0) is 11.2 Å². The molecule has 0 amide bonds. The van der Waals surface area contributed by atoms with E-state index >= 15 is 0 Å². The van der Waals surface area contributed by atoms with E-state index in [1.807, 2.05) is 0 Å². The average Bonchev–Trinajstić information content (AvgIpc) is 2.81. The number of carbonyl (C=O) groups is 1. The minimum atomic E-state index is -0.903. The lowest BCUT2D eigenvalue weighted by molar-refractivity contribution is -0.136. The molecule has 0 aromatic carbocycles. The fourth-order valence-corrected chi connectivity index (χ4v) is 2.24. The number of hydrogen-bond acceptors (Lipinski definition) is 4.